The second-order valence-corrected chi connectivity index (χ2v) is 8.25. The zero-order valence-corrected chi connectivity index (χ0v) is 16.1. The van der Waals surface area contributed by atoms with Gasteiger partial charge in [-0.2, -0.15) is 5.10 Å². The van der Waals surface area contributed by atoms with E-state index >= 15 is 0 Å². The Kier molecular flexibility index (Phi) is 5.87. The van der Waals surface area contributed by atoms with Gasteiger partial charge in [0.2, 0.25) is 10.0 Å². The van der Waals surface area contributed by atoms with Crippen molar-refractivity contribution in [1.82, 2.24) is 15.2 Å². The summed E-state index contributed by atoms with van der Waals surface area (Å²) in [6.45, 7) is 0.908. The third-order valence-electron chi connectivity index (χ3n) is 4.20. The number of carbonyl (C=O) groups is 1. The first-order chi connectivity index (χ1) is 13.7. The smallest absolute Gasteiger partial charge is 0.232 e. The van der Waals surface area contributed by atoms with Crippen LogP contribution in [0, 0.1) is 18.6 Å². The predicted octanol–water partition coefficient (Wildman–Crippen LogP) is 3.07. The molecule has 2 heterocycles. The van der Waals surface area contributed by atoms with Crippen molar-refractivity contribution in [3.63, 3.8) is 0 Å². The van der Waals surface area contributed by atoms with E-state index in [1.807, 2.05) is 4.72 Å². The first-order valence-electron chi connectivity index (χ1n) is 8.59. The lowest BCUT2D eigenvalue weighted by molar-refractivity contribution is 0.0985. The Morgan fingerprint density at radius 1 is 1.28 bits per heavy atom. The van der Waals surface area contributed by atoms with Gasteiger partial charge in [-0.3, -0.25) is 19.0 Å². The van der Waals surface area contributed by atoms with E-state index in [1.165, 1.54) is 6.20 Å². The van der Waals surface area contributed by atoms with Crippen molar-refractivity contribution in [3.8, 4) is 0 Å². The summed E-state index contributed by atoms with van der Waals surface area (Å²) in [4.78, 5) is 16.6. The van der Waals surface area contributed by atoms with Gasteiger partial charge in [-0.05, 0) is 37.1 Å². The van der Waals surface area contributed by atoms with Gasteiger partial charge in [0.05, 0.1) is 23.7 Å². The third kappa shape index (κ3) is 4.56. The van der Waals surface area contributed by atoms with E-state index in [9.17, 15) is 26.4 Å². The fourth-order valence-electron chi connectivity index (χ4n) is 2.78. The molecule has 0 radical (unpaired) electrons. The molecule has 0 unspecified atom stereocenters. The minimum Gasteiger partial charge on any atom is -0.294 e. The number of hydrogen-bond donors (Lipinski definition) is 2. The van der Waals surface area contributed by atoms with E-state index in [0.29, 0.717) is 16.6 Å². The van der Waals surface area contributed by atoms with E-state index in [4.69, 9.17) is 0 Å². The molecular formula is C18H17F3N4O3S. The van der Waals surface area contributed by atoms with E-state index < -0.39 is 51.1 Å². The average molecular weight is 426 g/mol. The van der Waals surface area contributed by atoms with Crippen LogP contribution in [-0.4, -0.2) is 41.8 Å². The number of ketones is 1. The first-order valence-corrected chi connectivity index (χ1v) is 10.2. The molecule has 0 saturated carbocycles. The Balaban J connectivity index is 1.88. The van der Waals surface area contributed by atoms with Crippen molar-refractivity contribution in [2.24, 2.45) is 0 Å². The molecule has 3 aromatic rings. The lowest BCUT2D eigenvalue weighted by Gasteiger charge is -2.11. The SMILES string of the molecule is Cc1[nH]nc2ncc(CC(=O)c3c(F)ccc(NS(=O)(=O)CCCF)c3F)cc12. The summed E-state index contributed by atoms with van der Waals surface area (Å²) in [5.74, 6) is -3.90. The van der Waals surface area contributed by atoms with Gasteiger partial charge in [0.25, 0.3) is 0 Å². The zero-order valence-electron chi connectivity index (χ0n) is 15.3. The molecule has 1 aromatic carbocycles. The molecule has 0 atom stereocenters. The number of nitrogens with one attached hydrogen (secondary N) is 2. The molecule has 0 aliphatic rings. The monoisotopic (exact) mass is 426 g/mol. The summed E-state index contributed by atoms with van der Waals surface area (Å²) in [6, 6.07) is 3.31. The summed E-state index contributed by atoms with van der Waals surface area (Å²) in [6.07, 6.45) is 0.756. The van der Waals surface area contributed by atoms with E-state index in [2.05, 4.69) is 15.2 Å². The van der Waals surface area contributed by atoms with Crippen molar-refractivity contribution in [2.75, 3.05) is 17.1 Å². The topological polar surface area (TPSA) is 105 Å². The van der Waals surface area contributed by atoms with Gasteiger partial charge in [-0.25, -0.2) is 22.2 Å². The fraction of sp³-hybridized carbons (Fsp3) is 0.278. The molecule has 2 aromatic heterocycles. The van der Waals surface area contributed by atoms with Crippen molar-refractivity contribution in [3.05, 3.63) is 52.9 Å². The minimum absolute atomic E-state index is 0.271. The van der Waals surface area contributed by atoms with Crippen molar-refractivity contribution < 1.29 is 26.4 Å². The summed E-state index contributed by atoms with van der Waals surface area (Å²) >= 11 is 0. The molecule has 3 rings (SSSR count). The summed E-state index contributed by atoms with van der Waals surface area (Å²) < 4.78 is 66.7. The van der Waals surface area contributed by atoms with Crippen LogP contribution >= 0.6 is 0 Å². The van der Waals surface area contributed by atoms with E-state index in [1.54, 1.807) is 13.0 Å². The lowest BCUT2D eigenvalue weighted by atomic mass is 10.0. The molecule has 0 aliphatic carbocycles. The number of benzene rings is 1. The van der Waals surface area contributed by atoms with Crippen molar-refractivity contribution >= 4 is 32.5 Å². The van der Waals surface area contributed by atoms with Gasteiger partial charge in [0, 0.05) is 23.7 Å². The Labute approximate surface area is 164 Å². The van der Waals surface area contributed by atoms with Crippen LogP contribution in [0.3, 0.4) is 0 Å². The number of aryl methyl sites for hydroxylation is 1. The molecule has 0 amide bonds. The van der Waals surface area contributed by atoms with Crippen LogP contribution in [0.2, 0.25) is 0 Å². The van der Waals surface area contributed by atoms with Crippen LogP contribution < -0.4 is 4.72 Å². The quantitative estimate of drug-likeness (QED) is 0.539. The van der Waals surface area contributed by atoms with E-state index in [-0.39, 0.29) is 12.8 Å². The maximum absolute atomic E-state index is 14.7. The van der Waals surface area contributed by atoms with E-state index in [0.717, 1.165) is 17.8 Å². The van der Waals surface area contributed by atoms with Crippen LogP contribution in [-0.2, 0) is 16.4 Å². The highest BCUT2D eigenvalue weighted by atomic mass is 32.2. The molecule has 154 valence electrons. The molecule has 2 N–H and O–H groups in total. The molecule has 29 heavy (non-hydrogen) atoms. The predicted molar refractivity (Wildman–Crippen MR) is 101 cm³/mol. The molecule has 0 saturated heterocycles. The van der Waals surface area contributed by atoms with Crippen LogP contribution in [0.15, 0.2) is 24.4 Å². The van der Waals surface area contributed by atoms with Crippen LogP contribution in [0.1, 0.15) is 28.0 Å². The summed E-state index contributed by atoms with van der Waals surface area (Å²) in [7, 11) is -4.04. The highest BCUT2D eigenvalue weighted by Crippen LogP contribution is 2.24. The molecule has 0 bridgehead atoms. The van der Waals surface area contributed by atoms with Gasteiger partial charge < -0.3 is 0 Å². The van der Waals surface area contributed by atoms with Gasteiger partial charge in [-0.15, -0.1) is 0 Å². The Morgan fingerprint density at radius 2 is 2.03 bits per heavy atom. The highest BCUT2D eigenvalue weighted by molar-refractivity contribution is 7.92. The lowest BCUT2D eigenvalue weighted by Crippen LogP contribution is -2.19. The molecule has 7 nitrogen and oxygen atoms in total. The second kappa shape index (κ2) is 8.19. The number of alkyl halides is 1. The fourth-order valence-corrected chi connectivity index (χ4v) is 3.87. The maximum atomic E-state index is 14.7. The number of Topliss-reactive ketones (excluding diaryl/α,β-unsaturated/α-hetero) is 1. The molecular weight excluding hydrogens is 409 g/mol. The van der Waals surface area contributed by atoms with Crippen LogP contribution in [0.25, 0.3) is 11.0 Å². The highest BCUT2D eigenvalue weighted by Gasteiger charge is 2.23. The van der Waals surface area contributed by atoms with Crippen LogP contribution in [0.4, 0.5) is 18.9 Å². The second-order valence-electron chi connectivity index (χ2n) is 6.41. The molecule has 0 aliphatic heterocycles. The number of fused-ring (bicyclic) bond motifs is 1. The standard InChI is InChI=1S/C18H17F3N4O3S/c1-10-12-7-11(9-22-18(12)24-23-10)8-15(26)16-13(20)3-4-14(17(16)21)25-29(27,28)6-2-5-19/h3-4,7,9,25H,2,5-6,8H2,1H3,(H,22,23,24). The number of nitrogens with zero attached hydrogens (tertiary/aromatic N) is 2. The number of H-pyrrole nitrogens is 1. The van der Waals surface area contributed by atoms with Gasteiger partial charge in [0.1, 0.15) is 5.82 Å². The third-order valence-corrected chi connectivity index (χ3v) is 5.56. The number of pyridine rings is 1. The number of anilines is 1. The van der Waals surface area contributed by atoms with Crippen LogP contribution in [0.5, 0.6) is 0 Å². The average Bonchev–Trinajstić information content (AvgIpc) is 3.03. The molecule has 0 fully saturated rings. The molecule has 11 heteroatoms. The molecule has 0 spiro atoms. The number of hydrogen-bond acceptors (Lipinski definition) is 5. The number of sulfonamides is 1. The first kappa shape index (κ1) is 20.8. The van der Waals surface area contributed by atoms with Gasteiger partial charge in [0.15, 0.2) is 17.2 Å². The normalized spacial score (nSPS) is 11.7. The summed E-state index contributed by atoms with van der Waals surface area (Å²) in [5.41, 5.74) is 0.150. The number of carbonyl (C=O) groups excluding carboxylic acids is 1. The Bertz CT molecular complexity index is 1180. The Morgan fingerprint density at radius 3 is 2.76 bits per heavy atom. The maximum Gasteiger partial charge on any atom is 0.232 e. The zero-order chi connectivity index (χ0) is 21.2. The number of halogens is 3. The number of rotatable bonds is 8. The van der Waals surface area contributed by atoms with Crippen molar-refractivity contribution in [2.45, 2.75) is 19.8 Å². The summed E-state index contributed by atoms with van der Waals surface area (Å²) in [5, 5.41) is 7.38. The Hall–Kier alpha value is -2.95. The number of aromatic amines is 1. The number of aromatic nitrogens is 3. The largest absolute Gasteiger partial charge is 0.294 e. The minimum atomic E-state index is -4.04. The van der Waals surface area contributed by atoms with Crippen molar-refractivity contribution in [1.29, 1.82) is 0 Å². The van der Waals surface area contributed by atoms with Gasteiger partial charge >= 0.3 is 0 Å². The van der Waals surface area contributed by atoms with Gasteiger partial charge in [-0.1, -0.05) is 0 Å².